The van der Waals surface area contributed by atoms with E-state index in [1.54, 1.807) is 24.8 Å². The molecular weight excluding hydrogens is 973 g/mol. The van der Waals surface area contributed by atoms with E-state index in [1.165, 1.54) is 11.1 Å². The van der Waals surface area contributed by atoms with E-state index in [-0.39, 0.29) is 0 Å². The number of rotatable bonds is 0. The van der Waals surface area contributed by atoms with E-state index in [2.05, 4.69) is 114 Å². The van der Waals surface area contributed by atoms with Gasteiger partial charge in [-0.05, 0) is 145 Å². The predicted molar refractivity (Wildman–Crippen MR) is 301 cm³/mol. The summed E-state index contributed by atoms with van der Waals surface area (Å²) in [5, 5.41) is 14.2. The van der Waals surface area contributed by atoms with Crippen LogP contribution in [0.15, 0.2) is 207 Å². The van der Waals surface area contributed by atoms with E-state index in [4.69, 9.17) is 28.9 Å². The van der Waals surface area contributed by atoms with Crippen molar-refractivity contribution in [2.75, 3.05) is 13.1 Å². The lowest BCUT2D eigenvalue weighted by Gasteiger charge is -2.11. The minimum atomic E-state index is 0.635. The monoisotopic (exact) mass is 1030 g/mol. The fraction of sp³-hybridized carbons (Fsp3) is 0.156. The molecule has 0 radical (unpaired) electrons. The van der Waals surface area contributed by atoms with Crippen LogP contribution in [0.4, 0.5) is 0 Å². The number of aromatic nitrogens is 6. The molecule has 10 aromatic rings. The van der Waals surface area contributed by atoms with Gasteiger partial charge in [-0.15, -0.1) is 0 Å². The van der Waals surface area contributed by atoms with Gasteiger partial charge in [-0.1, -0.05) is 60.7 Å². The topological polar surface area (TPSA) is 162 Å². The predicted octanol–water partition coefficient (Wildman–Crippen LogP) is 12.1. The van der Waals surface area contributed by atoms with Crippen molar-refractivity contribution in [3.05, 3.63) is 252 Å². The molecule has 6 aromatic heterocycles. The van der Waals surface area contributed by atoms with Crippen molar-refractivity contribution in [3.8, 4) is 68.8 Å². The van der Waals surface area contributed by atoms with Gasteiger partial charge in [-0.3, -0.25) is 29.9 Å². The maximum Gasteiger partial charge on any atom is 0.131 e. The SMILES string of the molecule is c1cc2nc(c1)CNCCc1ccc(cc1)Oc1ccnc(c1)-c1cc(ccn1)Oc1ccc(cc1)CNCc1cccc(n1)CNCc1ccc(cc1)Oc1ccnc(c1)-c1cc(ccn1)Oc1ccc(cc1)CCNC2. The number of nitrogens with one attached hydrogen (secondary N) is 4. The minimum absolute atomic E-state index is 0.635. The molecule has 7 aliphatic rings. The zero-order valence-corrected chi connectivity index (χ0v) is 43.0. The average Bonchev–Trinajstić information content (AvgIpc) is 3.48. The van der Waals surface area contributed by atoms with E-state index in [1.807, 2.05) is 109 Å². The average molecular weight is 1030 g/mol. The molecule has 78 heavy (non-hydrogen) atoms. The first-order valence-corrected chi connectivity index (χ1v) is 26.2. The zero-order chi connectivity index (χ0) is 52.6. The van der Waals surface area contributed by atoms with Crippen molar-refractivity contribution < 1.29 is 18.9 Å². The third kappa shape index (κ3) is 14.6. The van der Waals surface area contributed by atoms with Crippen LogP contribution >= 0.6 is 0 Å². The summed E-state index contributed by atoms with van der Waals surface area (Å²) in [7, 11) is 0. The number of hydrogen-bond acceptors (Lipinski definition) is 14. The molecule has 7 aliphatic heterocycles. The fourth-order valence-electron chi connectivity index (χ4n) is 8.82. The molecule has 14 nitrogen and oxygen atoms in total. The minimum Gasteiger partial charge on any atom is -0.457 e. The molecule has 14 heteroatoms. The Hall–Kier alpha value is -9.18. The number of ether oxygens (including phenoxy) is 4. The molecule has 0 fully saturated rings. The lowest BCUT2D eigenvalue weighted by molar-refractivity contribution is 0.480. The standard InChI is InChI=1S/C64H58N10O4/c1-3-49-41-65-29-23-45-7-15-53(16-8-45)75-57-25-31-69-61(35-57)63-37-59(27-33-71-63)77-55-19-11-47(12-20-55)39-67-43-51-5-2-6-52(74-51)44-68-40-48-13-21-56(22-14-48)78-60-28-34-72-64(38-60)62-36-58(26-32-70-62)76-54-17-9-46(10-18-54)24-30-66-42-50(4-1)73-49/h1-22,25-28,31-38,65-68H,23-24,29-30,39-44H2. The molecule has 0 saturated heterocycles. The molecule has 0 aliphatic carbocycles. The fourth-order valence-corrected chi connectivity index (χ4v) is 8.82. The van der Waals surface area contributed by atoms with Gasteiger partial charge < -0.3 is 40.2 Å². The van der Waals surface area contributed by atoms with E-state index in [9.17, 15) is 0 Å². The van der Waals surface area contributed by atoms with Crippen LogP contribution in [0.3, 0.4) is 0 Å². The summed E-state index contributed by atoms with van der Waals surface area (Å²) in [5.74, 6) is 5.57. The van der Waals surface area contributed by atoms with Gasteiger partial charge in [-0.25, -0.2) is 0 Å². The molecule has 0 spiro atoms. The highest BCUT2D eigenvalue weighted by Crippen LogP contribution is 2.31. The number of nitrogens with zero attached hydrogens (tertiary/aromatic N) is 6. The first-order chi connectivity index (χ1) is 38.5. The summed E-state index contributed by atoms with van der Waals surface area (Å²) in [4.78, 5) is 28.1. The Morgan fingerprint density at radius 2 is 0.551 bits per heavy atom. The Labute approximate surface area is 454 Å². The van der Waals surface area contributed by atoms with Crippen molar-refractivity contribution >= 4 is 0 Å². The first-order valence-electron chi connectivity index (χ1n) is 26.2. The second-order valence-electron chi connectivity index (χ2n) is 18.8. The third-order valence-corrected chi connectivity index (χ3v) is 12.9. The van der Waals surface area contributed by atoms with Gasteiger partial charge in [-0.2, -0.15) is 0 Å². The molecule has 0 saturated carbocycles. The highest BCUT2D eigenvalue weighted by Gasteiger charge is 2.11. The largest absolute Gasteiger partial charge is 0.457 e. The molecular formula is C64H58N10O4. The number of hydrogen-bond donors (Lipinski definition) is 4. The summed E-state index contributed by atoms with van der Waals surface area (Å²) in [6.07, 6.45) is 8.65. The van der Waals surface area contributed by atoms with Gasteiger partial charge in [0.15, 0.2) is 0 Å². The number of pyridine rings is 6. The molecule has 0 amide bonds. The molecule has 13 heterocycles. The van der Waals surface area contributed by atoms with Crippen molar-refractivity contribution in [1.82, 2.24) is 51.2 Å². The van der Waals surface area contributed by atoms with Gasteiger partial charge in [0.1, 0.15) is 46.0 Å². The van der Waals surface area contributed by atoms with Gasteiger partial charge >= 0.3 is 0 Å². The van der Waals surface area contributed by atoms with Crippen LogP contribution in [0, 0.1) is 0 Å². The van der Waals surface area contributed by atoms with Gasteiger partial charge in [0.25, 0.3) is 0 Å². The molecule has 0 unspecified atom stereocenters. The van der Waals surface area contributed by atoms with Crippen molar-refractivity contribution in [2.45, 2.75) is 52.1 Å². The third-order valence-electron chi connectivity index (χ3n) is 12.9. The first kappa shape index (κ1) is 51.0. The van der Waals surface area contributed by atoms with E-state index in [0.29, 0.717) is 85.0 Å². The Bertz CT molecular complexity index is 3320. The highest BCUT2D eigenvalue weighted by molar-refractivity contribution is 5.60. The molecule has 388 valence electrons. The molecule has 20 bridgehead atoms. The van der Waals surface area contributed by atoms with E-state index in [0.717, 1.165) is 82.8 Å². The Morgan fingerprint density at radius 1 is 0.269 bits per heavy atom. The van der Waals surface area contributed by atoms with Gasteiger partial charge in [0.2, 0.25) is 0 Å². The Morgan fingerprint density at radius 3 is 0.859 bits per heavy atom. The van der Waals surface area contributed by atoms with Crippen LogP contribution in [-0.4, -0.2) is 43.0 Å². The summed E-state index contributed by atoms with van der Waals surface area (Å²) >= 11 is 0. The lowest BCUT2D eigenvalue weighted by Crippen LogP contribution is -2.20. The zero-order valence-electron chi connectivity index (χ0n) is 43.0. The quantitative estimate of drug-likeness (QED) is 0.113. The van der Waals surface area contributed by atoms with Crippen LogP contribution in [0.5, 0.6) is 46.0 Å². The van der Waals surface area contributed by atoms with Crippen LogP contribution in [0.1, 0.15) is 45.0 Å². The molecule has 4 aromatic carbocycles. The maximum atomic E-state index is 6.26. The molecule has 17 rings (SSSR count). The van der Waals surface area contributed by atoms with E-state index >= 15 is 0 Å². The normalized spacial score (nSPS) is 13.8. The summed E-state index contributed by atoms with van der Waals surface area (Å²) < 4.78 is 25.0. The highest BCUT2D eigenvalue weighted by atomic mass is 16.5. The second kappa shape index (κ2) is 25.6. The summed E-state index contributed by atoms with van der Waals surface area (Å²) in [6.45, 7) is 5.63. The van der Waals surface area contributed by atoms with E-state index < -0.39 is 0 Å². The lowest BCUT2D eigenvalue weighted by atomic mass is 10.1. The summed E-state index contributed by atoms with van der Waals surface area (Å²) in [6, 6.07) is 59.8. The molecule has 4 N–H and O–H groups in total. The van der Waals surface area contributed by atoms with Gasteiger partial charge in [0.05, 0.1) is 45.6 Å². The van der Waals surface area contributed by atoms with Crippen LogP contribution in [0.25, 0.3) is 22.8 Å². The summed E-state index contributed by atoms with van der Waals surface area (Å²) in [5.41, 5.74) is 11.4. The maximum absolute atomic E-state index is 6.26. The van der Waals surface area contributed by atoms with Gasteiger partial charge in [0, 0.05) is 88.3 Å². The molecule has 0 atom stereocenters. The van der Waals surface area contributed by atoms with Crippen LogP contribution in [0.2, 0.25) is 0 Å². The number of benzene rings is 4. The Balaban J connectivity index is 0.734. The smallest absolute Gasteiger partial charge is 0.131 e. The van der Waals surface area contributed by atoms with Crippen molar-refractivity contribution in [3.63, 3.8) is 0 Å². The Kier molecular flexibility index (Phi) is 16.7. The van der Waals surface area contributed by atoms with Crippen molar-refractivity contribution in [1.29, 1.82) is 0 Å². The van der Waals surface area contributed by atoms with Crippen LogP contribution in [-0.2, 0) is 52.1 Å². The van der Waals surface area contributed by atoms with Crippen molar-refractivity contribution in [2.24, 2.45) is 0 Å². The van der Waals surface area contributed by atoms with Crippen LogP contribution < -0.4 is 40.2 Å². The second-order valence-corrected chi connectivity index (χ2v) is 18.8.